The number of hydrogen-bond acceptors (Lipinski definition) is 8. The Kier molecular flexibility index (Phi) is 5.50. The lowest BCUT2D eigenvalue weighted by atomic mass is 10.2. The van der Waals surface area contributed by atoms with E-state index in [1.54, 1.807) is 6.92 Å². The molecule has 0 radical (unpaired) electrons. The monoisotopic (exact) mass is 470 g/mol. The fraction of sp³-hybridized carbons (Fsp3) is 0.0952. The Bertz CT molecular complexity index is 1540. The molecule has 0 saturated carbocycles. The van der Waals surface area contributed by atoms with Gasteiger partial charge in [-0.3, -0.25) is 9.69 Å². The standard InChI is InChI=1S/C21H14F4N8O/c1-2-32(18-13(8-26)17(27)30-20(28)31-18)21-29-16-7-15(25)14(24)6-12(16)19(34)33(21)11-4-9(22)3-10(23)5-11/h3-7H,2H2,1H3,(H4,27,28,30,31). The molecule has 0 spiro atoms. The molecule has 4 rings (SSSR count). The molecule has 0 atom stereocenters. The van der Waals surface area contributed by atoms with Crippen molar-refractivity contribution >= 4 is 34.4 Å². The second-order valence-corrected chi connectivity index (χ2v) is 6.99. The lowest BCUT2D eigenvalue weighted by molar-refractivity contribution is 0.510. The zero-order chi connectivity index (χ0) is 24.7. The highest BCUT2D eigenvalue weighted by molar-refractivity contribution is 5.81. The van der Waals surface area contributed by atoms with Crippen LogP contribution in [0.4, 0.5) is 41.1 Å². The minimum absolute atomic E-state index is 0.00993. The Morgan fingerprint density at radius 1 is 1.00 bits per heavy atom. The third kappa shape index (κ3) is 3.71. The summed E-state index contributed by atoms with van der Waals surface area (Å²) in [6, 6.07) is 5.46. The fourth-order valence-electron chi connectivity index (χ4n) is 3.42. The van der Waals surface area contributed by atoms with E-state index >= 15 is 0 Å². The van der Waals surface area contributed by atoms with Gasteiger partial charge in [0, 0.05) is 18.7 Å². The fourth-order valence-corrected chi connectivity index (χ4v) is 3.42. The van der Waals surface area contributed by atoms with E-state index in [0.29, 0.717) is 18.2 Å². The van der Waals surface area contributed by atoms with E-state index in [0.717, 1.165) is 16.7 Å². The molecule has 0 amide bonds. The van der Waals surface area contributed by atoms with E-state index in [-0.39, 0.29) is 52.2 Å². The Morgan fingerprint density at radius 3 is 2.26 bits per heavy atom. The molecule has 9 nitrogen and oxygen atoms in total. The number of benzene rings is 2. The van der Waals surface area contributed by atoms with Crippen molar-refractivity contribution in [3.05, 3.63) is 69.5 Å². The van der Waals surface area contributed by atoms with Crippen LogP contribution in [0.5, 0.6) is 0 Å². The van der Waals surface area contributed by atoms with Crippen molar-refractivity contribution in [3.8, 4) is 11.8 Å². The first kappa shape index (κ1) is 22.5. The van der Waals surface area contributed by atoms with Crippen molar-refractivity contribution in [1.82, 2.24) is 19.5 Å². The summed E-state index contributed by atoms with van der Waals surface area (Å²) in [6.45, 7) is 1.58. The maximum atomic E-state index is 14.0. The molecule has 4 aromatic rings. The zero-order valence-electron chi connectivity index (χ0n) is 17.4. The molecular weight excluding hydrogens is 456 g/mol. The first-order valence-corrected chi connectivity index (χ1v) is 9.63. The van der Waals surface area contributed by atoms with E-state index in [1.807, 2.05) is 6.07 Å². The van der Waals surface area contributed by atoms with Crippen LogP contribution in [-0.4, -0.2) is 26.1 Å². The zero-order valence-corrected chi connectivity index (χ0v) is 17.4. The number of rotatable bonds is 4. The molecule has 172 valence electrons. The van der Waals surface area contributed by atoms with Gasteiger partial charge >= 0.3 is 0 Å². The number of nitrogen functional groups attached to an aromatic ring is 2. The SMILES string of the molecule is CCN(c1nc(N)nc(N)c1C#N)c1nc2cc(F)c(F)cc2c(=O)n1-c1cc(F)cc(F)c1. The van der Waals surface area contributed by atoms with E-state index < -0.39 is 28.8 Å². The van der Waals surface area contributed by atoms with E-state index in [9.17, 15) is 27.6 Å². The number of nitrogens with two attached hydrogens (primary N) is 2. The minimum atomic E-state index is -1.31. The van der Waals surface area contributed by atoms with Crippen LogP contribution >= 0.6 is 0 Å². The summed E-state index contributed by atoms with van der Waals surface area (Å²) in [5, 5.41) is 9.22. The van der Waals surface area contributed by atoms with Gasteiger partial charge in [-0.05, 0) is 25.1 Å². The lowest BCUT2D eigenvalue weighted by Gasteiger charge is -2.26. The molecule has 0 fully saturated rings. The molecule has 2 aromatic carbocycles. The van der Waals surface area contributed by atoms with Crippen LogP contribution in [0.2, 0.25) is 0 Å². The maximum absolute atomic E-state index is 14.0. The van der Waals surface area contributed by atoms with Crippen LogP contribution in [0.15, 0.2) is 35.1 Å². The molecule has 2 aromatic heterocycles. The quantitative estimate of drug-likeness (QED) is 0.434. The topological polar surface area (TPSA) is 140 Å². The van der Waals surface area contributed by atoms with Gasteiger partial charge in [-0.25, -0.2) is 27.1 Å². The van der Waals surface area contributed by atoms with Crippen molar-refractivity contribution in [2.75, 3.05) is 22.9 Å². The van der Waals surface area contributed by atoms with Gasteiger partial charge in [-0.2, -0.15) is 15.2 Å². The van der Waals surface area contributed by atoms with Crippen LogP contribution in [0.3, 0.4) is 0 Å². The number of aromatic nitrogens is 4. The van der Waals surface area contributed by atoms with Gasteiger partial charge in [-0.1, -0.05) is 0 Å². The molecule has 34 heavy (non-hydrogen) atoms. The van der Waals surface area contributed by atoms with E-state index in [1.165, 1.54) is 4.90 Å². The van der Waals surface area contributed by atoms with Gasteiger partial charge in [0.25, 0.3) is 5.56 Å². The lowest BCUT2D eigenvalue weighted by Crippen LogP contribution is -2.31. The van der Waals surface area contributed by atoms with E-state index in [2.05, 4.69) is 15.0 Å². The molecule has 0 bridgehead atoms. The average Bonchev–Trinajstić information content (AvgIpc) is 2.75. The summed E-state index contributed by atoms with van der Waals surface area (Å²) in [5.74, 6) is -5.63. The Balaban J connectivity index is 2.16. The third-order valence-corrected chi connectivity index (χ3v) is 4.86. The number of fused-ring (bicyclic) bond motifs is 1. The molecular formula is C21H14F4N8O. The highest BCUT2D eigenvalue weighted by atomic mass is 19.2. The highest BCUT2D eigenvalue weighted by Crippen LogP contribution is 2.30. The maximum Gasteiger partial charge on any atom is 0.267 e. The predicted molar refractivity (Wildman–Crippen MR) is 115 cm³/mol. The Hall–Kier alpha value is -4.73. The second-order valence-electron chi connectivity index (χ2n) is 6.99. The summed E-state index contributed by atoms with van der Waals surface area (Å²) < 4.78 is 56.7. The number of anilines is 4. The summed E-state index contributed by atoms with van der Waals surface area (Å²) >= 11 is 0. The third-order valence-electron chi connectivity index (χ3n) is 4.86. The first-order valence-electron chi connectivity index (χ1n) is 9.63. The van der Waals surface area contributed by atoms with Crippen LogP contribution in [0.1, 0.15) is 12.5 Å². The van der Waals surface area contributed by atoms with Crippen LogP contribution in [0.25, 0.3) is 16.6 Å². The van der Waals surface area contributed by atoms with Crippen molar-refractivity contribution < 1.29 is 17.6 Å². The molecule has 4 N–H and O–H groups in total. The molecule has 0 unspecified atom stereocenters. The van der Waals surface area contributed by atoms with Crippen LogP contribution in [0, 0.1) is 34.6 Å². The highest BCUT2D eigenvalue weighted by Gasteiger charge is 2.25. The number of nitriles is 1. The molecule has 0 aliphatic heterocycles. The summed E-state index contributed by atoms with van der Waals surface area (Å²) in [7, 11) is 0. The molecule has 2 heterocycles. The summed E-state index contributed by atoms with van der Waals surface area (Å²) in [5.41, 5.74) is 9.74. The first-order chi connectivity index (χ1) is 16.1. The normalized spacial score (nSPS) is 10.9. The Labute approximate surface area is 188 Å². The van der Waals surface area contributed by atoms with Crippen molar-refractivity contribution in [3.63, 3.8) is 0 Å². The van der Waals surface area contributed by atoms with Crippen molar-refractivity contribution in [2.45, 2.75) is 6.92 Å². The average molecular weight is 470 g/mol. The second kappa shape index (κ2) is 8.32. The minimum Gasteiger partial charge on any atom is -0.382 e. The van der Waals surface area contributed by atoms with E-state index in [4.69, 9.17) is 11.5 Å². The molecule has 0 aliphatic rings. The van der Waals surface area contributed by atoms with Crippen LogP contribution < -0.4 is 21.9 Å². The van der Waals surface area contributed by atoms with Gasteiger partial charge in [0.1, 0.15) is 29.1 Å². The number of hydrogen-bond donors (Lipinski definition) is 2. The smallest absolute Gasteiger partial charge is 0.267 e. The van der Waals surface area contributed by atoms with Crippen LogP contribution in [-0.2, 0) is 0 Å². The number of nitrogens with zero attached hydrogens (tertiary/aromatic N) is 6. The van der Waals surface area contributed by atoms with Gasteiger partial charge in [0.2, 0.25) is 11.9 Å². The predicted octanol–water partition coefficient (Wildman–Crippen LogP) is 2.93. The van der Waals surface area contributed by atoms with Gasteiger partial charge in [0.05, 0.1) is 16.6 Å². The Morgan fingerprint density at radius 2 is 1.65 bits per heavy atom. The summed E-state index contributed by atoms with van der Waals surface area (Å²) in [6.07, 6.45) is 0. The van der Waals surface area contributed by atoms with Crippen molar-refractivity contribution in [1.29, 1.82) is 5.26 Å². The molecule has 0 aliphatic carbocycles. The number of halogens is 4. The molecule has 13 heteroatoms. The summed E-state index contributed by atoms with van der Waals surface area (Å²) in [4.78, 5) is 26.6. The van der Waals surface area contributed by atoms with Gasteiger partial charge < -0.3 is 11.5 Å². The van der Waals surface area contributed by atoms with Gasteiger partial charge in [-0.15, -0.1) is 0 Å². The molecule has 0 saturated heterocycles. The van der Waals surface area contributed by atoms with Crippen molar-refractivity contribution in [2.24, 2.45) is 0 Å². The largest absolute Gasteiger partial charge is 0.382 e. The van der Waals surface area contributed by atoms with Gasteiger partial charge in [0.15, 0.2) is 17.5 Å².